The van der Waals surface area contributed by atoms with E-state index in [1.807, 2.05) is 23.2 Å². The van der Waals surface area contributed by atoms with Crippen molar-refractivity contribution in [2.24, 2.45) is 0 Å². The van der Waals surface area contributed by atoms with Crippen LogP contribution in [0.5, 0.6) is 5.75 Å². The summed E-state index contributed by atoms with van der Waals surface area (Å²) in [4.78, 5) is 24.6. The van der Waals surface area contributed by atoms with Gasteiger partial charge in [0.25, 0.3) is 5.91 Å². The Morgan fingerprint density at radius 1 is 1.20 bits per heavy atom. The van der Waals surface area contributed by atoms with Crippen molar-refractivity contribution in [3.8, 4) is 5.75 Å². The number of hydrogen-bond acceptors (Lipinski definition) is 4. The van der Waals surface area contributed by atoms with Crippen molar-refractivity contribution in [1.29, 1.82) is 0 Å². The molecular formula is C22H25Cl2N3O3. The first kappa shape index (κ1) is 22.4. The van der Waals surface area contributed by atoms with E-state index in [4.69, 9.17) is 27.9 Å². The van der Waals surface area contributed by atoms with Crippen LogP contribution in [0.3, 0.4) is 0 Å². The molecule has 0 aliphatic carbocycles. The van der Waals surface area contributed by atoms with E-state index in [0.717, 1.165) is 32.2 Å². The van der Waals surface area contributed by atoms with Gasteiger partial charge in [0, 0.05) is 18.7 Å². The lowest BCUT2D eigenvalue weighted by atomic mass is 9.97. The second-order valence-corrected chi connectivity index (χ2v) is 7.86. The molecule has 1 atom stereocenters. The van der Waals surface area contributed by atoms with Crippen LogP contribution in [0.15, 0.2) is 42.5 Å². The van der Waals surface area contributed by atoms with Gasteiger partial charge in [-0.05, 0) is 30.9 Å². The van der Waals surface area contributed by atoms with Crippen LogP contribution in [0.25, 0.3) is 0 Å². The summed E-state index contributed by atoms with van der Waals surface area (Å²) < 4.78 is 5.37. The van der Waals surface area contributed by atoms with Crippen LogP contribution in [0.4, 0.5) is 5.69 Å². The number of alkyl halides is 1. The summed E-state index contributed by atoms with van der Waals surface area (Å²) in [5.74, 6) is -0.573. The fourth-order valence-corrected chi connectivity index (χ4v) is 3.89. The molecular weight excluding hydrogens is 425 g/mol. The van der Waals surface area contributed by atoms with Crippen LogP contribution in [-0.4, -0.2) is 42.4 Å². The summed E-state index contributed by atoms with van der Waals surface area (Å²) in [6.07, 6.45) is 4.03. The first-order chi connectivity index (χ1) is 14.5. The van der Waals surface area contributed by atoms with Crippen LogP contribution >= 0.6 is 23.2 Å². The molecule has 2 N–H and O–H groups in total. The molecule has 8 heteroatoms. The molecule has 0 radical (unpaired) electrons. The topological polar surface area (TPSA) is 70.7 Å². The van der Waals surface area contributed by atoms with Gasteiger partial charge in [0.15, 0.2) is 0 Å². The first-order valence-corrected chi connectivity index (χ1v) is 10.8. The van der Waals surface area contributed by atoms with E-state index in [-0.39, 0.29) is 22.9 Å². The Morgan fingerprint density at radius 3 is 2.67 bits per heavy atom. The predicted octanol–water partition coefficient (Wildman–Crippen LogP) is 4.27. The van der Waals surface area contributed by atoms with Crippen molar-refractivity contribution in [2.45, 2.75) is 31.7 Å². The standard InChI is InChI=1S/C22H25Cl2N3O3/c1-30-20-13-19(25-21(28)14-23)18(24)12-17(20)22(29)26-27-10-6-5-9-16(27)11-15-7-3-2-4-8-15/h2-4,7-8,12-13,16H,5-6,9-11,14H2,1H3,(H,25,28)(H,26,29). The van der Waals surface area contributed by atoms with E-state index in [2.05, 4.69) is 22.9 Å². The second-order valence-electron chi connectivity index (χ2n) is 7.19. The van der Waals surface area contributed by atoms with Gasteiger partial charge < -0.3 is 10.1 Å². The lowest BCUT2D eigenvalue weighted by Crippen LogP contribution is -2.51. The predicted molar refractivity (Wildman–Crippen MR) is 119 cm³/mol. The maximum absolute atomic E-state index is 13.0. The largest absolute Gasteiger partial charge is 0.496 e. The Hall–Kier alpha value is -2.28. The number of rotatable bonds is 7. The van der Waals surface area contributed by atoms with Crippen molar-refractivity contribution >= 4 is 40.7 Å². The number of hydrogen-bond donors (Lipinski definition) is 2. The molecule has 1 aliphatic heterocycles. The Balaban J connectivity index is 1.76. The molecule has 1 aliphatic rings. The number of anilines is 1. The normalized spacial score (nSPS) is 16.7. The zero-order chi connectivity index (χ0) is 21.5. The number of nitrogens with one attached hydrogen (secondary N) is 2. The van der Waals surface area contributed by atoms with Crippen molar-refractivity contribution in [1.82, 2.24) is 10.4 Å². The number of benzene rings is 2. The van der Waals surface area contributed by atoms with E-state index in [1.165, 1.54) is 24.8 Å². The summed E-state index contributed by atoms with van der Waals surface area (Å²) in [6.45, 7) is 0.781. The van der Waals surface area contributed by atoms with Gasteiger partial charge >= 0.3 is 0 Å². The highest BCUT2D eigenvalue weighted by Gasteiger charge is 2.26. The van der Waals surface area contributed by atoms with E-state index < -0.39 is 5.91 Å². The quantitative estimate of drug-likeness (QED) is 0.619. The van der Waals surface area contributed by atoms with Gasteiger partial charge in [-0.3, -0.25) is 15.0 Å². The van der Waals surface area contributed by atoms with Gasteiger partial charge in [0.05, 0.1) is 23.4 Å². The van der Waals surface area contributed by atoms with Crippen LogP contribution in [-0.2, 0) is 11.2 Å². The Labute approximate surface area is 186 Å². The number of carbonyl (C=O) groups excluding carboxylic acids is 2. The van der Waals surface area contributed by atoms with E-state index in [1.54, 1.807) is 0 Å². The number of nitrogens with zero attached hydrogens (tertiary/aromatic N) is 1. The minimum absolute atomic E-state index is 0.196. The number of ether oxygens (including phenoxy) is 1. The van der Waals surface area contributed by atoms with Gasteiger partial charge in [0.1, 0.15) is 11.6 Å². The molecule has 2 aromatic rings. The van der Waals surface area contributed by atoms with Gasteiger partial charge in [-0.2, -0.15) is 0 Å². The maximum atomic E-state index is 13.0. The lowest BCUT2D eigenvalue weighted by Gasteiger charge is -2.36. The number of methoxy groups -OCH3 is 1. The Morgan fingerprint density at radius 2 is 1.97 bits per heavy atom. The van der Waals surface area contributed by atoms with Crippen molar-refractivity contribution in [3.63, 3.8) is 0 Å². The number of halogens is 2. The molecule has 1 saturated heterocycles. The van der Waals surface area contributed by atoms with Crippen molar-refractivity contribution < 1.29 is 14.3 Å². The number of piperidine rings is 1. The molecule has 160 valence electrons. The van der Waals surface area contributed by atoms with Crippen LogP contribution < -0.4 is 15.5 Å². The fraction of sp³-hybridized carbons (Fsp3) is 0.364. The van der Waals surface area contributed by atoms with Gasteiger partial charge in [0.2, 0.25) is 5.91 Å². The first-order valence-electron chi connectivity index (χ1n) is 9.86. The molecule has 0 spiro atoms. The average Bonchev–Trinajstić information content (AvgIpc) is 2.76. The minimum Gasteiger partial charge on any atom is -0.496 e. The minimum atomic E-state index is -0.394. The zero-order valence-electron chi connectivity index (χ0n) is 16.8. The van der Waals surface area contributed by atoms with E-state index >= 15 is 0 Å². The van der Waals surface area contributed by atoms with E-state index in [9.17, 15) is 9.59 Å². The average molecular weight is 450 g/mol. The Bertz CT molecular complexity index is 893. The highest BCUT2D eigenvalue weighted by molar-refractivity contribution is 6.35. The molecule has 2 amide bonds. The van der Waals surface area contributed by atoms with Crippen LogP contribution in [0.1, 0.15) is 35.2 Å². The number of hydrazine groups is 1. The number of carbonyl (C=O) groups is 2. The smallest absolute Gasteiger partial charge is 0.269 e. The van der Waals surface area contributed by atoms with Gasteiger partial charge in [-0.15, -0.1) is 11.6 Å². The van der Waals surface area contributed by atoms with Crippen LogP contribution in [0, 0.1) is 0 Å². The SMILES string of the molecule is COc1cc(NC(=O)CCl)c(Cl)cc1C(=O)NN1CCCCC1Cc1ccccc1. The molecule has 1 fully saturated rings. The molecule has 2 aromatic carbocycles. The monoisotopic (exact) mass is 449 g/mol. The fourth-order valence-electron chi connectivity index (χ4n) is 3.62. The summed E-state index contributed by atoms with van der Waals surface area (Å²) in [5.41, 5.74) is 4.91. The zero-order valence-corrected chi connectivity index (χ0v) is 18.3. The molecule has 0 bridgehead atoms. The summed E-state index contributed by atoms with van der Waals surface area (Å²) in [6, 6.07) is 13.5. The summed E-state index contributed by atoms with van der Waals surface area (Å²) in [5, 5.41) is 4.84. The molecule has 3 rings (SSSR count). The van der Waals surface area contributed by atoms with Crippen molar-refractivity contribution in [3.05, 3.63) is 58.6 Å². The molecule has 0 saturated carbocycles. The highest BCUT2D eigenvalue weighted by atomic mass is 35.5. The molecule has 30 heavy (non-hydrogen) atoms. The van der Waals surface area contributed by atoms with Crippen molar-refractivity contribution in [2.75, 3.05) is 24.9 Å². The summed E-state index contributed by atoms with van der Waals surface area (Å²) >= 11 is 11.8. The summed E-state index contributed by atoms with van der Waals surface area (Å²) in [7, 11) is 1.46. The third-order valence-electron chi connectivity index (χ3n) is 5.12. The van der Waals surface area contributed by atoms with Crippen LogP contribution in [0.2, 0.25) is 5.02 Å². The van der Waals surface area contributed by atoms with E-state index in [0.29, 0.717) is 17.0 Å². The highest BCUT2D eigenvalue weighted by Crippen LogP contribution is 2.31. The molecule has 1 unspecified atom stereocenters. The van der Waals surface area contributed by atoms with Gasteiger partial charge in [-0.1, -0.05) is 48.4 Å². The third kappa shape index (κ3) is 5.65. The molecule has 6 nitrogen and oxygen atoms in total. The third-order valence-corrected chi connectivity index (χ3v) is 5.67. The second kappa shape index (κ2) is 10.7. The lowest BCUT2D eigenvalue weighted by molar-refractivity contribution is -0.113. The Kier molecular flexibility index (Phi) is 7.96. The van der Waals surface area contributed by atoms with Gasteiger partial charge in [-0.25, -0.2) is 5.01 Å². The maximum Gasteiger partial charge on any atom is 0.269 e. The molecule has 0 aromatic heterocycles. The number of amides is 2. The molecule has 1 heterocycles.